The van der Waals surface area contributed by atoms with Crippen molar-refractivity contribution in [2.24, 2.45) is 5.92 Å². The highest BCUT2D eigenvalue weighted by Gasteiger charge is 2.37. The van der Waals surface area contributed by atoms with Gasteiger partial charge in [-0.1, -0.05) is 13.0 Å². The maximum atomic E-state index is 12.0. The Morgan fingerprint density at radius 3 is 2.56 bits per heavy atom. The fourth-order valence-corrected chi connectivity index (χ4v) is 2.50. The highest BCUT2D eigenvalue weighted by Crippen LogP contribution is 2.39. The fourth-order valence-electron chi connectivity index (χ4n) is 2.50. The van der Waals surface area contributed by atoms with Crippen LogP contribution in [-0.4, -0.2) is 16.0 Å². The van der Waals surface area contributed by atoms with Gasteiger partial charge in [-0.15, -0.1) is 0 Å². The predicted molar refractivity (Wildman–Crippen MR) is 60.3 cm³/mol. The van der Waals surface area contributed by atoms with Crippen LogP contribution in [-0.2, 0) is 6.61 Å². The Morgan fingerprint density at radius 2 is 2.00 bits per heavy atom. The van der Waals surface area contributed by atoms with Gasteiger partial charge in [0.25, 0.3) is 0 Å². The van der Waals surface area contributed by atoms with Gasteiger partial charge in [-0.2, -0.15) is 0 Å². The molecule has 0 amide bonds. The van der Waals surface area contributed by atoms with Crippen LogP contribution in [0.3, 0.4) is 0 Å². The number of benzene rings is 1. The Balaban J connectivity index is 2.73. The van der Waals surface area contributed by atoms with E-state index in [2.05, 4.69) is 0 Å². The van der Waals surface area contributed by atoms with Crippen LogP contribution in [0.25, 0.3) is 0 Å². The molecule has 1 aromatic rings. The first kappa shape index (κ1) is 11.3. The first-order valence-corrected chi connectivity index (χ1v) is 5.45. The average molecular weight is 220 g/mol. The quantitative estimate of drug-likeness (QED) is 0.756. The van der Waals surface area contributed by atoms with Crippen molar-refractivity contribution < 1.29 is 15.0 Å². The molecule has 0 aromatic heterocycles. The molecule has 0 unspecified atom stereocenters. The lowest BCUT2D eigenvalue weighted by Crippen LogP contribution is -2.09. The molecule has 1 aliphatic rings. The standard InChI is InChI=1S/C13H16O3/c1-6-4-9-11(7(2)10(6)5-14)13(16)8(3)12(9)15/h4,8,12,14-15H,5H2,1-3H3/t8-,12-/m0/s1. The molecule has 0 radical (unpaired) electrons. The summed E-state index contributed by atoms with van der Waals surface area (Å²) in [5.74, 6) is -0.392. The number of ketones is 1. The number of fused-ring (bicyclic) bond motifs is 1. The summed E-state index contributed by atoms with van der Waals surface area (Å²) in [7, 11) is 0. The number of aryl methyl sites for hydroxylation is 1. The van der Waals surface area contributed by atoms with Crippen molar-refractivity contribution in [3.63, 3.8) is 0 Å². The predicted octanol–water partition coefficient (Wildman–Crippen LogP) is 1.66. The van der Waals surface area contributed by atoms with Crippen molar-refractivity contribution in [3.8, 4) is 0 Å². The van der Waals surface area contributed by atoms with E-state index in [0.29, 0.717) is 11.1 Å². The smallest absolute Gasteiger partial charge is 0.169 e. The maximum Gasteiger partial charge on any atom is 0.169 e. The maximum absolute atomic E-state index is 12.0. The Kier molecular flexibility index (Phi) is 2.60. The number of aliphatic hydroxyl groups excluding tert-OH is 2. The minimum Gasteiger partial charge on any atom is -0.392 e. The molecule has 2 rings (SSSR count). The highest BCUT2D eigenvalue weighted by molar-refractivity contribution is 6.04. The van der Waals surface area contributed by atoms with E-state index in [1.54, 1.807) is 6.92 Å². The largest absolute Gasteiger partial charge is 0.392 e. The molecule has 1 aliphatic carbocycles. The van der Waals surface area contributed by atoms with Crippen molar-refractivity contribution in [2.45, 2.75) is 33.5 Å². The van der Waals surface area contributed by atoms with Gasteiger partial charge in [0, 0.05) is 11.5 Å². The van der Waals surface area contributed by atoms with Gasteiger partial charge in [-0.05, 0) is 36.1 Å². The molecular formula is C13H16O3. The summed E-state index contributed by atoms with van der Waals surface area (Å²) in [6.07, 6.45) is -0.701. The third-order valence-electron chi connectivity index (χ3n) is 3.57. The Bertz CT molecular complexity index is 463. The molecule has 2 atom stereocenters. The molecular weight excluding hydrogens is 204 g/mol. The monoisotopic (exact) mass is 220 g/mol. The number of Topliss-reactive ketones (excluding diaryl/α,β-unsaturated/α-hetero) is 1. The fraction of sp³-hybridized carbons (Fsp3) is 0.462. The molecule has 0 saturated carbocycles. The van der Waals surface area contributed by atoms with Gasteiger partial charge < -0.3 is 10.2 Å². The van der Waals surface area contributed by atoms with Gasteiger partial charge in [0.2, 0.25) is 0 Å². The second-order valence-electron chi connectivity index (χ2n) is 4.52. The van der Waals surface area contributed by atoms with Gasteiger partial charge >= 0.3 is 0 Å². The molecule has 3 heteroatoms. The second kappa shape index (κ2) is 3.68. The van der Waals surface area contributed by atoms with Crippen molar-refractivity contribution >= 4 is 5.78 Å². The van der Waals surface area contributed by atoms with Crippen molar-refractivity contribution in [1.82, 2.24) is 0 Å². The van der Waals surface area contributed by atoms with Crippen LogP contribution in [0.2, 0.25) is 0 Å². The van der Waals surface area contributed by atoms with E-state index in [1.165, 1.54) is 0 Å². The third kappa shape index (κ3) is 1.32. The van der Waals surface area contributed by atoms with E-state index < -0.39 is 6.10 Å². The molecule has 86 valence electrons. The van der Waals surface area contributed by atoms with Gasteiger partial charge in [-0.25, -0.2) is 0 Å². The summed E-state index contributed by atoms with van der Waals surface area (Å²) in [6.45, 7) is 5.39. The molecule has 1 aromatic carbocycles. The van der Waals surface area contributed by atoms with E-state index in [0.717, 1.165) is 16.7 Å². The van der Waals surface area contributed by atoms with Gasteiger partial charge in [0.15, 0.2) is 5.78 Å². The van der Waals surface area contributed by atoms with E-state index >= 15 is 0 Å². The Labute approximate surface area is 94.7 Å². The van der Waals surface area contributed by atoms with Crippen LogP contribution < -0.4 is 0 Å². The summed E-state index contributed by atoms with van der Waals surface area (Å²) in [5.41, 5.74) is 3.86. The minimum absolute atomic E-state index is 0.0188. The number of hydrogen-bond donors (Lipinski definition) is 2. The SMILES string of the molecule is Cc1cc2c(c(C)c1CO)C(=O)[C@@H](C)[C@@H]2O. The Hall–Kier alpha value is -1.19. The van der Waals surface area contributed by atoms with E-state index in [9.17, 15) is 15.0 Å². The van der Waals surface area contributed by atoms with Gasteiger partial charge in [0.05, 0.1) is 12.7 Å². The molecule has 0 aliphatic heterocycles. The molecule has 3 nitrogen and oxygen atoms in total. The normalized spacial score (nSPS) is 23.7. The molecule has 0 bridgehead atoms. The molecule has 0 fully saturated rings. The van der Waals surface area contributed by atoms with Crippen LogP contribution in [0, 0.1) is 19.8 Å². The number of carbonyl (C=O) groups excluding carboxylic acids is 1. The second-order valence-corrected chi connectivity index (χ2v) is 4.52. The molecule has 16 heavy (non-hydrogen) atoms. The molecule has 0 spiro atoms. The van der Waals surface area contributed by atoms with E-state index in [-0.39, 0.29) is 18.3 Å². The van der Waals surface area contributed by atoms with Crippen LogP contribution in [0.15, 0.2) is 6.07 Å². The highest BCUT2D eigenvalue weighted by atomic mass is 16.3. The minimum atomic E-state index is -0.701. The first-order chi connectivity index (χ1) is 7.49. The van der Waals surface area contributed by atoms with Gasteiger partial charge in [0.1, 0.15) is 0 Å². The van der Waals surface area contributed by atoms with Gasteiger partial charge in [-0.3, -0.25) is 4.79 Å². The van der Waals surface area contributed by atoms with Crippen LogP contribution in [0.5, 0.6) is 0 Å². The zero-order valence-electron chi connectivity index (χ0n) is 9.74. The summed E-state index contributed by atoms with van der Waals surface area (Å²) < 4.78 is 0. The topological polar surface area (TPSA) is 57.5 Å². The molecule has 2 N–H and O–H groups in total. The summed E-state index contributed by atoms with van der Waals surface area (Å²) >= 11 is 0. The first-order valence-electron chi connectivity index (χ1n) is 5.45. The average Bonchev–Trinajstić information content (AvgIpc) is 2.44. The summed E-state index contributed by atoms with van der Waals surface area (Å²) in [6, 6.07) is 1.82. The zero-order chi connectivity index (χ0) is 12.0. The lowest BCUT2D eigenvalue weighted by molar-refractivity contribution is 0.0790. The van der Waals surface area contributed by atoms with Crippen LogP contribution in [0.1, 0.15) is 45.6 Å². The third-order valence-corrected chi connectivity index (χ3v) is 3.57. The van der Waals surface area contributed by atoms with Crippen LogP contribution in [0.4, 0.5) is 0 Å². The lowest BCUT2D eigenvalue weighted by Gasteiger charge is -2.12. The van der Waals surface area contributed by atoms with E-state index in [1.807, 2.05) is 19.9 Å². The number of rotatable bonds is 1. The summed E-state index contributed by atoms with van der Waals surface area (Å²) in [4.78, 5) is 12.0. The van der Waals surface area contributed by atoms with Crippen molar-refractivity contribution in [1.29, 1.82) is 0 Å². The Morgan fingerprint density at radius 1 is 1.38 bits per heavy atom. The molecule has 0 saturated heterocycles. The molecule has 0 heterocycles. The summed E-state index contributed by atoms with van der Waals surface area (Å²) in [5, 5.41) is 19.2. The van der Waals surface area contributed by atoms with Crippen LogP contribution >= 0.6 is 0 Å². The zero-order valence-corrected chi connectivity index (χ0v) is 9.74. The number of aliphatic hydroxyl groups is 2. The number of carbonyl (C=O) groups is 1. The van der Waals surface area contributed by atoms with E-state index in [4.69, 9.17) is 0 Å². The van der Waals surface area contributed by atoms with Crippen molar-refractivity contribution in [2.75, 3.05) is 0 Å². The van der Waals surface area contributed by atoms with Crippen molar-refractivity contribution in [3.05, 3.63) is 33.9 Å². The lowest BCUT2D eigenvalue weighted by atomic mass is 9.94. The number of hydrogen-bond acceptors (Lipinski definition) is 3.